The summed E-state index contributed by atoms with van der Waals surface area (Å²) >= 11 is 0. The van der Waals surface area contributed by atoms with E-state index in [1.54, 1.807) is 18.2 Å². The fourth-order valence-corrected chi connectivity index (χ4v) is 3.79. The fourth-order valence-electron chi connectivity index (χ4n) is 3.25. The van der Waals surface area contributed by atoms with E-state index in [4.69, 9.17) is 9.88 Å². The standard InChI is InChI=1S/C23H30N4O5S/c1-15-5-6-17(12-24)21(9-15)32-14-18(28)13-27-23(2,3)11-16-7-8-19(33(25,30)31)10-20(16)22(29)26-4/h5-10,18,27-28H,11,13-14H2,1-4H3,(H,26,29)(H2,25,30,31)/t18-/m0/s1. The molecule has 0 aromatic heterocycles. The Labute approximate surface area is 194 Å². The van der Waals surface area contributed by atoms with Crippen LogP contribution in [-0.4, -0.2) is 51.3 Å². The molecule has 1 amide bonds. The van der Waals surface area contributed by atoms with Gasteiger partial charge < -0.3 is 20.5 Å². The second kappa shape index (κ2) is 10.8. The van der Waals surface area contributed by atoms with Crippen LogP contribution in [-0.2, 0) is 16.4 Å². The van der Waals surface area contributed by atoms with E-state index in [0.717, 1.165) is 5.56 Å². The molecular weight excluding hydrogens is 444 g/mol. The van der Waals surface area contributed by atoms with Crippen molar-refractivity contribution in [2.45, 2.75) is 43.7 Å². The molecule has 0 unspecified atom stereocenters. The zero-order valence-electron chi connectivity index (χ0n) is 19.2. The largest absolute Gasteiger partial charge is 0.489 e. The summed E-state index contributed by atoms with van der Waals surface area (Å²) in [7, 11) is -2.49. The highest BCUT2D eigenvalue weighted by Gasteiger charge is 2.24. The molecule has 0 saturated heterocycles. The second-order valence-electron chi connectivity index (χ2n) is 8.46. The summed E-state index contributed by atoms with van der Waals surface area (Å²) in [6, 6.07) is 11.5. The molecule has 178 valence electrons. The number of nitriles is 1. The maximum absolute atomic E-state index is 12.3. The Morgan fingerprint density at radius 1 is 1.27 bits per heavy atom. The predicted molar refractivity (Wildman–Crippen MR) is 124 cm³/mol. The van der Waals surface area contributed by atoms with Crippen LogP contribution in [0.15, 0.2) is 41.3 Å². The van der Waals surface area contributed by atoms with Gasteiger partial charge in [0, 0.05) is 24.7 Å². The number of amides is 1. The Morgan fingerprint density at radius 3 is 2.58 bits per heavy atom. The molecule has 2 aromatic carbocycles. The van der Waals surface area contributed by atoms with Crippen molar-refractivity contribution in [1.29, 1.82) is 5.26 Å². The minimum absolute atomic E-state index is 0.00619. The molecule has 0 bridgehead atoms. The molecule has 0 aliphatic rings. The monoisotopic (exact) mass is 474 g/mol. The molecule has 0 aliphatic heterocycles. The van der Waals surface area contributed by atoms with Crippen molar-refractivity contribution in [2.24, 2.45) is 5.14 Å². The second-order valence-corrected chi connectivity index (χ2v) is 10.0. The fraction of sp³-hybridized carbons (Fsp3) is 0.391. The molecule has 0 heterocycles. The highest BCUT2D eigenvalue weighted by Crippen LogP contribution is 2.22. The smallest absolute Gasteiger partial charge is 0.251 e. The van der Waals surface area contributed by atoms with Crippen molar-refractivity contribution < 1.29 is 23.1 Å². The lowest BCUT2D eigenvalue weighted by atomic mass is 9.91. The average Bonchev–Trinajstić information content (AvgIpc) is 2.75. The van der Waals surface area contributed by atoms with E-state index in [0.29, 0.717) is 23.3 Å². The molecule has 5 N–H and O–H groups in total. The lowest BCUT2D eigenvalue weighted by molar-refractivity contribution is 0.0957. The van der Waals surface area contributed by atoms with Crippen LogP contribution in [0, 0.1) is 18.3 Å². The van der Waals surface area contributed by atoms with Gasteiger partial charge in [-0.2, -0.15) is 5.26 Å². The van der Waals surface area contributed by atoms with Gasteiger partial charge in [-0.25, -0.2) is 13.6 Å². The quantitative estimate of drug-likeness (QED) is 0.404. The molecule has 0 saturated carbocycles. The highest BCUT2D eigenvalue weighted by molar-refractivity contribution is 7.89. The number of aryl methyl sites for hydroxylation is 1. The van der Waals surface area contributed by atoms with Crippen LogP contribution >= 0.6 is 0 Å². The number of nitrogens with two attached hydrogens (primary N) is 1. The summed E-state index contributed by atoms with van der Waals surface area (Å²) in [5.74, 6) is -0.00726. The summed E-state index contributed by atoms with van der Waals surface area (Å²) in [4.78, 5) is 12.2. The van der Waals surface area contributed by atoms with Crippen molar-refractivity contribution in [3.05, 3.63) is 58.7 Å². The van der Waals surface area contributed by atoms with Crippen molar-refractivity contribution in [2.75, 3.05) is 20.2 Å². The van der Waals surface area contributed by atoms with Crippen LogP contribution in [0.1, 0.15) is 40.9 Å². The topological polar surface area (TPSA) is 155 Å². The normalized spacial score (nSPS) is 12.6. The van der Waals surface area contributed by atoms with Crippen LogP contribution in [0.2, 0.25) is 0 Å². The van der Waals surface area contributed by atoms with Gasteiger partial charge >= 0.3 is 0 Å². The van der Waals surface area contributed by atoms with E-state index in [1.165, 1.54) is 19.2 Å². The number of nitrogens with one attached hydrogen (secondary N) is 2. The van der Waals surface area contributed by atoms with Gasteiger partial charge in [0.25, 0.3) is 5.91 Å². The van der Waals surface area contributed by atoms with Crippen molar-refractivity contribution >= 4 is 15.9 Å². The number of sulfonamides is 1. The average molecular weight is 475 g/mol. The van der Waals surface area contributed by atoms with E-state index in [-0.39, 0.29) is 23.6 Å². The Hall–Kier alpha value is -2.97. The third-order valence-corrected chi connectivity index (χ3v) is 5.93. The number of primary sulfonamides is 1. The predicted octanol–water partition coefficient (Wildman–Crippen LogP) is 1.22. The van der Waals surface area contributed by atoms with Crippen LogP contribution in [0.3, 0.4) is 0 Å². The minimum Gasteiger partial charge on any atom is -0.489 e. The first-order valence-electron chi connectivity index (χ1n) is 10.3. The summed E-state index contributed by atoms with van der Waals surface area (Å²) in [5.41, 5.74) is 1.63. The third-order valence-electron chi connectivity index (χ3n) is 5.02. The maximum Gasteiger partial charge on any atom is 0.251 e. The minimum atomic E-state index is -3.95. The van der Waals surface area contributed by atoms with Crippen molar-refractivity contribution in [3.63, 3.8) is 0 Å². The molecule has 2 rings (SSSR count). The first-order valence-corrected chi connectivity index (χ1v) is 11.9. The number of hydrogen-bond donors (Lipinski definition) is 4. The van der Waals surface area contributed by atoms with Crippen LogP contribution in [0.5, 0.6) is 5.75 Å². The molecule has 0 radical (unpaired) electrons. The molecule has 0 fully saturated rings. The van der Waals surface area contributed by atoms with Crippen LogP contribution in [0.4, 0.5) is 0 Å². The molecule has 2 aromatic rings. The van der Waals surface area contributed by atoms with Gasteiger partial charge in [-0.1, -0.05) is 12.1 Å². The van der Waals surface area contributed by atoms with E-state index in [9.17, 15) is 23.6 Å². The number of aliphatic hydroxyl groups is 1. The number of benzene rings is 2. The number of rotatable bonds is 10. The van der Waals surface area contributed by atoms with E-state index < -0.39 is 27.6 Å². The Bertz CT molecular complexity index is 1160. The van der Waals surface area contributed by atoms with Crippen molar-refractivity contribution in [3.8, 4) is 11.8 Å². The summed E-state index contributed by atoms with van der Waals surface area (Å²) < 4.78 is 29.0. The Morgan fingerprint density at radius 2 is 1.97 bits per heavy atom. The van der Waals surface area contributed by atoms with Gasteiger partial charge in [0.2, 0.25) is 10.0 Å². The lowest BCUT2D eigenvalue weighted by Crippen LogP contribution is -2.46. The maximum atomic E-state index is 12.3. The molecule has 33 heavy (non-hydrogen) atoms. The van der Waals surface area contributed by atoms with Gasteiger partial charge in [0.1, 0.15) is 24.5 Å². The summed E-state index contributed by atoms with van der Waals surface area (Å²) in [5, 5.41) is 30.5. The number of carbonyl (C=O) groups excluding carboxylic acids is 1. The first kappa shape index (κ1) is 26.3. The molecule has 10 heteroatoms. The van der Waals surface area contributed by atoms with Gasteiger partial charge in [0.05, 0.1) is 10.5 Å². The van der Waals surface area contributed by atoms with E-state index in [2.05, 4.69) is 16.7 Å². The molecule has 0 spiro atoms. The Kier molecular flexibility index (Phi) is 8.57. The zero-order chi connectivity index (χ0) is 24.8. The molecule has 9 nitrogen and oxygen atoms in total. The summed E-state index contributed by atoms with van der Waals surface area (Å²) in [6.45, 7) is 5.88. The lowest BCUT2D eigenvalue weighted by Gasteiger charge is -2.29. The van der Waals surface area contributed by atoms with Gasteiger partial charge in [-0.05, 0) is 62.6 Å². The van der Waals surface area contributed by atoms with Crippen molar-refractivity contribution in [1.82, 2.24) is 10.6 Å². The Balaban J connectivity index is 2.05. The van der Waals surface area contributed by atoms with Crippen LogP contribution in [0.25, 0.3) is 0 Å². The number of ether oxygens (including phenoxy) is 1. The first-order chi connectivity index (χ1) is 15.4. The molecular formula is C23H30N4O5S. The number of carbonyl (C=O) groups is 1. The molecule has 0 aliphatic carbocycles. The summed E-state index contributed by atoms with van der Waals surface area (Å²) in [6.07, 6.45) is -0.468. The van der Waals surface area contributed by atoms with Gasteiger partial charge in [-0.15, -0.1) is 0 Å². The van der Waals surface area contributed by atoms with E-state index in [1.807, 2.05) is 26.8 Å². The third kappa shape index (κ3) is 7.54. The number of hydrogen-bond acceptors (Lipinski definition) is 7. The van der Waals surface area contributed by atoms with Crippen LogP contribution < -0.4 is 20.5 Å². The van der Waals surface area contributed by atoms with E-state index >= 15 is 0 Å². The SMILES string of the molecule is CNC(=O)c1cc(S(N)(=O)=O)ccc1CC(C)(C)NC[C@H](O)COc1cc(C)ccc1C#N. The number of β-amino-alcohol motifs (C(OH)–C–C–N with tert-alkyl or cyclic N) is 1. The highest BCUT2D eigenvalue weighted by atomic mass is 32.2. The van der Waals surface area contributed by atoms with Gasteiger partial charge in [-0.3, -0.25) is 4.79 Å². The number of nitrogens with zero attached hydrogens (tertiary/aromatic N) is 1. The number of aliphatic hydroxyl groups excluding tert-OH is 1. The zero-order valence-corrected chi connectivity index (χ0v) is 20.0. The molecule has 1 atom stereocenters. The van der Waals surface area contributed by atoms with Gasteiger partial charge in [0.15, 0.2) is 0 Å².